The molecule has 90 valence electrons. The van der Waals surface area contributed by atoms with Crippen molar-refractivity contribution < 1.29 is 22.8 Å². The summed E-state index contributed by atoms with van der Waals surface area (Å²) < 4.78 is 37.2. The molecule has 1 amide bonds. The Bertz CT molecular complexity index is 458. The van der Waals surface area contributed by atoms with Crippen LogP contribution in [0.15, 0.2) is 30.3 Å². The van der Waals surface area contributed by atoms with Gasteiger partial charge in [-0.2, -0.15) is 13.2 Å². The Labute approximate surface area is 94.0 Å². The van der Waals surface area contributed by atoms with Crippen molar-refractivity contribution in [2.75, 3.05) is 5.01 Å². The number of carbonyl (C=O) groups excluding carboxylic acids is 2. The SMILES string of the molecule is O=C1C(=O)N(c2ccccc2)NC1C(F)(F)F. The van der Waals surface area contributed by atoms with Gasteiger partial charge in [0.1, 0.15) is 0 Å². The Hall–Kier alpha value is -1.89. The molecule has 0 spiro atoms. The summed E-state index contributed by atoms with van der Waals surface area (Å²) in [5.41, 5.74) is 2.05. The van der Waals surface area contributed by atoms with Gasteiger partial charge in [-0.25, -0.2) is 10.4 Å². The predicted molar refractivity (Wildman–Crippen MR) is 51.9 cm³/mol. The van der Waals surface area contributed by atoms with Crippen LogP contribution in [0.25, 0.3) is 0 Å². The quantitative estimate of drug-likeness (QED) is 0.751. The second-order valence-electron chi connectivity index (χ2n) is 3.44. The first-order chi connectivity index (χ1) is 7.91. The van der Waals surface area contributed by atoms with Gasteiger partial charge in [-0.05, 0) is 12.1 Å². The minimum atomic E-state index is -4.78. The van der Waals surface area contributed by atoms with Crippen molar-refractivity contribution in [1.29, 1.82) is 0 Å². The number of amides is 1. The van der Waals surface area contributed by atoms with Crippen molar-refractivity contribution in [3.8, 4) is 0 Å². The number of nitrogens with zero attached hydrogens (tertiary/aromatic N) is 1. The number of hydrogen-bond donors (Lipinski definition) is 1. The van der Waals surface area contributed by atoms with E-state index in [0.717, 1.165) is 0 Å². The standard InChI is InChI=1S/C10H7F3N2O2/c11-10(12,13)8-7(16)9(17)15(14-8)6-4-2-1-3-5-6/h1-5,8,14H. The molecular formula is C10H7F3N2O2. The van der Waals surface area contributed by atoms with Crippen molar-refractivity contribution in [2.24, 2.45) is 0 Å². The van der Waals surface area contributed by atoms with Gasteiger partial charge in [-0.15, -0.1) is 0 Å². The molecule has 1 atom stereocenters. The monoisotopic (exact) mass is 244 g/mol. The summed E-state index contributed by atoms with van der Waals surface area (Å²) >= 11 is 0. The van der Waals surface area contributed by atoms with Crippen LogP contribution in [0.3, 0.4) is 0 Å². The summed E-state index contributed by atoms with van der Waals surface area (Å²) in [6.45, 7) is 0. The number of Topliss-reactive ketones (excluding diaryl/α,β-unsaturated/α-hetero) is 1. The smallest absolute Gasteiger partial charge is 0.286 e. The molecule has 17 heavy (non-hydrogen) atoms. The topological polar surface area (TPSA) is 49.4 Å². The van der Waals surface area contributed by atoms with Crippen LogP contribution < -0.4 is 10.4 Å². The molecule has 1 N–H and O–H groups in total. The van der Waals surface area contributed by atoms with E-state index in [4.69, 9.17) is 0 Å². The minimum Gasteiger partial charge on any atom is -0.286 e. The fourth-order valence-corrected chi connectivity index (χ4v) is 1.47. The predicted octanol–water partition coefficient (Wildman–Crippen LogP) is 1.04. The number of rotatable bonds is 1. The van der Waals surface area contributed by atoms with Crippen LogP contribution in [0.2, 0.25) is 0 Å². The van der Waals surface area contributed by atoms with E-state index in [1.165, 1.54) is 12.1 Å². The first-order valence-corrected chi connectivity index (χ1v) is 4.67. The number of para-hydroxylation sites is 1. The lowest BCUT2D eigenvalue weighted by Crippen LogP contribution is -2.45. The summed E-state index contributed by atoms with van der Waals surface area (Å²) in [7, 11) is 0. The van der Waals surface area contributed by atoms with Crippen LogP contribution in [0.5, 0.6) is 0 Å². The van der Waals surface area contributed by atoms with Crippen LogP contribution in [0, 0.1) is 0 Å². The van der Waals surface area contributed by atoms with Crippen LogP contribution >= 0.6 is 0 Å². The largest absolute Gasteiger partial charge is 0.413 e. The van der Waals surface area contributed by atoms with Gasteiger partial charge in [-0.1, -0.05) is 18.2 Å². The molecule has 0 radical (unpaired) electrons. The third kappa shape index (κ3) is 2.01. The van der Waals surface area contributed by atoms with Gasteiger partial charge < -0.3 is 0 Å². The third-order valence-electron chi connectivity index (χ3n) is 2.28. The Morgan fingerprint density at radius 3 is 2.18 bits per heavy atom. The van der Waals surface area contributed by atoms with E-state index >= 15 is 0 Å². The highest BCUT2D eigenvalue weighted by Gasteiger charge is 2.54. The molecule has 0 saturated carbocycles. The molecule has 1 aliphatic heterocycles. The second kappa shape index (κ2) is 3.85. The van der Waals surface area contributed by atoms with Gasteiger partial charge in [0.15, 0.2) is 6.04 Å². The molecular weight excluding hydrogens is 237 g/mol. The summed E-state index contributed by atoms with van der Waals surface area (Å²) in [6, 6.07) is 5.14. The molecule has 1 fully saturated rings. The van der Waals surface area contributed by atoms with Crippen molar-refractivity contribution in [1.82, 2.24) is 5.43 Å². The van der Waals surface area contributed by atoms with E-state index in [1.807, 2.05) is 5.43 Å². The van der Waals surface area contributed by atoms with E-state index in [9.17, 15) is 22.8 Å². The number of anilines is 1. The second-order valence-corrected chi connectivity index (χ2v) is 3.44. The maximum Gasteiger partial charge on any atom is 0.413 e. The van der Waals surface area contributed by atoms with E-state index in [0.29, 0.717) is 5.01 Å². The van der Waals surface area contributed by atoms with Crippen LogP contribution in [-0.4, -0.2) is 23.9 Å². The molecule has 1 unspecified atom stereocenters. The highest BCUT2D eigenvalue weighted by molar-refractivity contribution is 6.45. The number of benzene rings is 1. The molecule has 2 rings (SSSR count). The number of hydrazine groups is 1. The number of carbonyl (C=O) groups is 2. The lowest BCUT2D eigenvalue weighted by Gasteiger charge is -2.17. The van der Waals surface area contributed by atoms with Gasteiger partial charge >= 0.3 is 12.1 Å². The van der Waals surface area contributed by atoms with Crippen molar-refractivity contribution in [2.45, 2.75) is 12.2 Å². The highest BCUT2D eigenvalue weighted by atomic mass is 19.4. The van der Waals surface area contributed by atoms with Gasteiger partial charge in [0.2, 0.25) is 5.78 Å². The number of nitrogens with one attached hydrogen (secondary N) is 1. The lowest BCUT2D eigenvalue weighted by molar-refractivity contribution is -0.163. The fraction of sp³-hybridized carbons (Fsp3) is 0.200. The molecule has 0 bridgehead atoms. The van der Waals surface area contributed by atoms with Gasteiger partial charge in [0.05, 0.1) is 5.69 Å². The molecule has 0 aliphatic carbocycles. The highest BCUT2D eigenvalue weighted by Crippen LogP contribution is 2.27. The number of ketones is 1. The van der Waals surface area contributed by atoms with Gasteiger partial charge in [0, 0.05) is 0 Å². The average Bonchev–Trinajstić information content (AvgIpc) is 2.57. The Morgan fingerprint density at radius 2 is 1.71 bits per heavy atom. The summed E-state index contributed by atoms with van der Waals surface area (Å²) in [4.78, 5) is 22.5. The Morgan fingerprint density at radius 1 is 1.12 bits per heavy atom. The van der Waals surface area contributed by atoms with Crippen molar-refractivity contribution in [3.05, 3.63) is 30.3 Å². The normalized spacial score (nSPS) is 21.1. The number of alkyl halides is 3. The summed E-state index contributed by atoms with van der Waals surface area (Å²) in [5.74, 6) is -2.71. The first-order valence-electron chi connectivity index (χ1n) is 4.67. The van der Waals surface area contributed by atoms with Crippen LogP contribution in [0.1, 0.15) is 0 Å². The first kappa shape index (κ1) is 11.6. The molecule has 1 saturated heterocycles. The zero-order valence-electron chi connectivity index (χ0n) is 8.36. The van der Waals surface area contributed by atoms with E-state index in [-0.39, 0.29) is 5.69 Å². The Kier molecular flexibility index (Phi) is 2.62. The van der Waals surface area contributed by atoms with Crippen molar-refractivity contribution >= 4 is 17.4 Å². The van der Waals surface area contributed by atoms with Crippen LogP contribution in [-0.2, 0) is 9.59 Å². The minimum absolute atomic E-state index is 0.192. The third-order valence-corrected chi connectivity index (χ3v) is 2.28. The fourth-order valence-electron chi connectivity index (χ4n) is 1.47. The molecule has 1 aromatic carbocycles. The molecule has 1 aliphatic rings. The molecule has 7 heteroatoms. The molecule has 0 aromatic heterocycles. The van der Waals surface area contributed by atoms with E-state index < -0.39 is 23.9 Å². The van der Waals surface area contributed by atoms with Gasteiger partial charge in [-0.3, -0.25) is 9.59 Å². The number of hydrogen-bond acceptors (Lipinski definition) is 3. The lowest BCUT2D eigenvalue weighted by atomic mass is 10.2. The molecule has 4 nitrogen and oxygen atoms in total. The number of halogens is 3. The zero-order valence-corrected chi connectivity index (χ0v) is 8.36. The zero-order chi connectivity index (χ0) is 12.6. The summed E-state index contributed by atoms with van der Waals surface area (Å²) in [6.07, 6.45) is -4.78. The average molecular weight is 244 g/mol. The Balaban J connectivity index is 2.30. The van der Waals surface area contributed by atoms with E-state index in [2.05, 4.69) is 0 Å². The molecule has 1 heterocycles. The summed E-state index contributed by atoms with van der Waals surface area (Å²) in [5, 5.41) is 0.612. The molecule has 1 aromatic rings. The van der Waals surface area contributed by atoms with Crippen LogP contribution in [0.4, 0.5) is 18.9 Å². The maximum absolute atomic E-state index is 12.4. The van der Waals surface area contributed by atoms with Crippen molar-refractivity contribution in [3.63, 3.8) is 0 Å². The van der Waals surface area contributed by atoms with Gasteiger partial charge in [0.25, 0.3) is 0 Å². The van der Waals surface area contributed by atoms with E-state index in [1.54, 1.807) is 18.2 Å². The maximum atomic E-state index is 12.4.